The summed E-state index contributed by atoms with van der Waals surface area (Å²) in [6.07, 6.45) is 0. The topological polar surface area (TPSA) is 114 Å². The Labute approximate surface area is 375 Å². The van der Waals surface area contributed by atoms with Gasteiger partial charge in [0.2, 0.25) is 0 Å². The van der Waals surface area contributed by atoms with Crippen molar-refractivity contribution in [1.82, 2.24) is 0 Å². The standard InChI is InChI=1S/C27H25NO3Si.C26H23NO4Si/c1-21-18-23(27(28(29)30)19-22(21)2)20-31-32(24-12-6-3-7-13-24,25-14-8-4-9-15-25)26-16-10-5-11-17-26;1-30-25-19-11-12-21(26(25)27(28)29)20-31-32(22-13-5-2-6-14-22,23-15-7-3-8-16-23)24-17-9-4-10-18-24/h3-19H,20H2,1-2H3;2-19H,20H2,1H3. The normalized spacial score (nSPS) is 11.2. The number of hydrogen-bond acceptors (Lipinski definition) is 7. The van der Waals surface area contributed by atoms with Gasteiger partial charge in [-0.25, -0.2) is 0 Å². The molecule has 0 bridgehead atoms. The highest BCUT2D eigenvalue weighted by Crippen LogP contribution is 2.32. The van der Waals surface area contributed by atoms with E-state index in [1.807, 2.05) is 129 Å². The number of aryl methyl sites for hydroxylation is 2. The average molecular weight is 881 g/mol. The molecule has 64 heavy (non-hydrogen) atoms. The Bertz CT molecular complexity index is 2590. The van der Waals surface area contributed by atoms with E-state index in [2.05, 4.69) is 72.8 Å². The summed E-state index contributed by atoms with van der Waals surface area (Å²) in [6.45, 7) is 4.10. The summed E-state index contributed by atoms with van der Waals surface area (Å²) >= 11 is 0. The van der Waals surface area contributed by atoms with Gasteiger partial charge in [0, 0.05) is 6.07 Å². The third kappa shape index (κ3) is 9.53. The highest BCUT2D eigenvalue weighted by atomic mass is 28.4. The van der Waals surface area contributed by atoms with E-state index in [0.29, 0.717) is 11.1 Å². The highest BCUT2D eigenvalue weighted by molar-refractivity contribution is 7.07. The number of rotatable bonds is 15. The van der Waals surface area contributed by atoms with Crippen LogP contribution in [0.2, 0.25) is 0 Å². The second kappa shape index (κ2) is 20.7. The molecule has 9 nitrogen and oxygen atoms in total. The molecule has 0 saturated heterocycles. The van der Waals surface area contributed by atoms with Gasteiger partial charge >= 0.3 is 5.69 Å². The molecule has 0 aliphatic rings. The third-order valence-electron chi connectivity index (χ3n) is 11.3. The molecule has 8 rings (SSSR count). The average Bonchev–Trinajstić information content (AvgIpc) is 3.35. The number of hydrogen-bond donors (Lipinski definition) is 0. The smallest absolute Gasteiger partial charge is 0.316 e. The van der Waals surface area contributed by atoms with E-state index in [1.54, 1.807) is 24.3 Å². The van der Waals surface area contributed by atoms with Crippen molar-refractivity contribution in [3.8, 4) is 5.75 Å². The summed E-state index contributed by atoms with van der Waals surface area (Å²) in [5.41, 5.74) is 3.03. The molecule has 0 aliphatic heterocycles. The minimum atomic E-state index is -2.96. The first-order chi connectivity index (χ1) is 31.2. The van der Waals surface area contributed by atoms with E-state index < -0.39 is 21.6 Å². The number of methoxy groups -OCH3 is 1. The van der Waals surface area contributed by atoms with Gasteiger partial charge in [-0.3, -0.25) is 20.2 Å². The van der Waals surface area contributed by atoms with E-state index in [0.717, 1.165) is 42.2 Å². The maximum absolute atomic E-state index is 11.8. The number of nitro benzene ring substituents is 2. The van der Waals surface area contributed by atoms with Crippen LogP contribution in [0.25, 0.3) is 0 Å². The van der Waals surface area contributed by atoms with Crippen molar-refractivity contribution in [3.63, 3.8) is 0 Å². The zero-order chi connectivity index (χ0) is 44.9. The molecule has 0 aliphatic carbocycles. The van der Waals surface area contributed by atoms with Crippen molar-refractivity contribution >= 4 is 59.1 Å². The largest absolute Gasteiger partial charge is 0.490 e. The van der Waals surface area contributed by atoms with Crippen LogP contribution in [0.1, 0.15) is 22.3 Å². The lowest BCUT2D eigenvalue weighted by Crippen LogP contribution is -2.69. The Morgan fingerprint density at radius 1 is 0.422 bits per heavy atom. The van der Waals surface area contributed by atoms with Crippen LogP contribution < -0.4 is 35.9 Å². The number of nitro groups is 2. The molecule has 0 fully saturated rings. The van der Waals surface area contributed by atoms with Crippen LogP contribution in [0.15, 0.2) is 212 Å². The van der Waals surface area contributed by atoms with Crippen molar-refractivity contribution in [2.24, 2.45) is 0 Å². The molecule has 320 valence electrons. The van der Waals surface area contributed by atoms with E-state index in [9.17, 15) is 20.2 Å². The van der Waals surface area contributed by atoms with E-state index >= 15 is 0 Å². The number of para-hydroxylation sites is 1. The van der Waals surface area contributed by atoms with Crippen LogP contribution in [0, 0.1) is 34.1 Å². The SMILES string of the molecule is COc1cccc(CO[Si](c2ccccc2)(c2ccccc2)c2ccccc2)c1[N+](=O)[O-].Cc1cc(CO[Si](c2ccccc2)(c2ccccc2)c2ccccc2)c([N+](=O)[O-])cc1C. The van der Waals surface area contributed by atoms with Gasteiger partial charge in [-0.2, -0.15) is 0 Å². The van der Waals surface area contributed by atoms with Crippen LogP contribution in [0.3, 0.4) is 0 Å². The van der Waals surface area contributed by atoms with Crippen LogP contribution in [0.5, 0.6) is 5.75 Å². The summed E-state index contributed by atoms with van der Waals surface area (Å²) in [5, 5.41) is 30.1. The lowest BCUT2D eigenvalue weighted by Gasteiger charge is -2.33. The quantitative estimate of drug-likeness (QED) is 0.0442. The molecule has 0 saturated carbocycles. The van der Waals surface area contributed by atoms with Gasteiger partial charge < -0.3 is 13.6 Å². The van der Waals surface area contributed by atoms with Crippen LogP contribution in [-0.2, 0) is 22.1 Å². The fourth-order valence-electron chi connectivity index (χ4n) is 8.11. The molecule has 0 heterocycles. The minimum Gasteiger partial charge on any atom is -0.490 e. The maximum atomic E-state index is 11.8. The minimum absolute atomic E-state index is 0.0629. The predicted octanol–water partition coefficient (Wildman–Crippen LogP) is 8.18. The molecule has 0 unspecified atom stereocenters. The molecule has 0 aromatic heterocycles. The first kappa shape index (κ1) is 44.8. The van der Waals surface area contributed by atoms with E-state index in [4.69, 9.17) is 13.6 Å². The number of benzene rings is 8. The second-order valence-electron chi connectivity index (χ2n) is 15.2. The van der Waals surface area contributed by atoms with Crippen molar-refractivity contribution < 1.29 is 23.4 Å². The molecule has 8 aromatic carbocycles. The third-order valence-corrected chi connectivity index (χ3v) is 19.4. The Morgan fingerprint density at radius 3 is 1.06 bits per heavy atom. The number of ether oxygens (including phenoxy) is 1. The molecule has 0 radical (unpaired) electrons. The molecule has 0 N–H and O–H groups in total. The summed E-state index contributed by atoms with van der Waals surface area (Å²) in [6, 6.07) is 69.7. The second-order valence-corrected chi connectivity index (χ2v) is 21.9. The van der Waals surface area contributed by atoms with Crippen molar-refractivity contribution in [1.29, 1.82) is 0 Å². The monoisotopic (exact) mass is 880 g/mol. The first-order valence-corrected chi connectivity index (χ1v) is 24.7. The van der Waals surface area contributed by atoms with Crippen molar-refractivity contribution in [2.45, 2.75) is 27.1 Å². The lowest BCUT2D eigenvalue weighted by atomic mass is 10.0. The molecule has 0 atom stereocenters. The van der Waals surface area contributed by atoms with Gasteiger partial charge in [0.05, 0.1) is 41.3 Å². The molecule has 0 amide bonds. The Balaban J connectivity index is 0.000000191. The maximum Gasteiger partial charge on any atom is 0.316 e. The van der Waals surface area contributed by atoms with Gasteiger partial charge in [-0.15, -0.1) is 0 Å². The highest BCUT2D eigenvalue weighted by Gasteiger charge is 2.43. The molecular weight excluding hydrogens is 833 g/mol. The van der Waals surface area contributed by atoms with E-state index in [1.165, 1.54) is 7.11 Å². The van der Waals surface area contributed by atoms with Gasteiger partial charge in [0.1, 0.15) is 0 Å². The summed E-state index contributed by atoms with van der Waals surface area (Å²) in [4.78, 5) is 22.9. The van der Waals surface area contributed by atoms with Gasteiger partial charge in [0.25, 0.3) is 22.3 Å². The zero-order valence-electron chi connectivity index (χ0n) is 35.9. The summed E-state index contributed by atoms with van der Waals surface area (Å²) < 4.78 is 19.0. The van der Waals surface area contributed by atoms with Crippen molar-refractivity contribution in [3.05, 3.63) is 255 Å². The summed E-state index contributed by atoms with van der Waals surface area (Å²) in [7, 11) is -4.44. The van der Waals surface area contributed by atoms with Crippen molar-refractivity contribution in [2.75, 3.05) is 7.11 Å². The molecular formula is C53H48N2O7Si2. The van der Waals surface area contributed by atoms with Gasteiger partial charge in [-0.1, -0.05) is 188 Å². The van der Waals surface area contributed by atoms with Gasteiger partial charge in [-0.05, 0) is 74.3 Å². The first-order valence-electron chi connectivity index (χ1n) is 20.8. The van der Waals surface area contributed by atoms with Crippen LogP contribution >= 0.6 is 0 Å². The molecule has 11 heteroatoms. The van der Waals surface area contributed by atoms with Gasteiger partial charge in [0.15, 0.2) is 5.75 Å². The zero-order valence-corrected chi connectivity index (χ0v) is 37.9. The van der Waals surface area contributed by atoms with Crippen LogP contribution in [-0.4, -0.2) is 33.6 Å². The number of nitrogens with zero attached hydrogens (tertiary/aromatic N) is 2. The Hall–Kier alpha value is -7.29. The van der Waals surface area contributed by atoms with Crippen LogP contribution in [0.4, 0.5) is 11.4 Å². The Morgan fingerprint density at radius 2 is 0.750 bits per heavy atom. The predicted molar refractivity (Wildman–Crippen MR) is 260 cm³/mol. The Kier molecular flexibility index (Phi) is 14.5. The lowest BCUT2D eigenvalue weighted by molar-refractivity contribution is -0.386. The summed E-state index contributed by atoms with van der Waals surface area (Å²) in [5.74, 6) is 0.225. The van der Waals surface area contributed by atoms with E-state index in [-0.39, 0.29) is 35.3 Å². The molecule has 8 aromatic rings. The fraction of sp³-hybridized carbons (Fsp3) is 0.0943. The fourth-order valence-corrected chi connectivity index (χ4v) is 15.8. The molecule has 0 spiro atoms.